The summed E-state index contributed by atoms with van der Waals surface area (Å²) in [5, 5.41) is 9.10. The fraction of sp³-hybridized carbons (Fsp3) is 0. The number of urea groups is 1. The number of rotatable bonds is 5. The van der Waals surface area contributed by atoms with Crippen LogP contribution in [0.5, 0.6) is 0 Å². The number of nitrogens with one attached hydrogen (secondary N) is 2. The molecule has 2 heterocycles. The Kier molecular flexibility index (Phi) is 5.68. The zero-order valence-corrected chi connectivity index (χ0v) is 17.9. The second-order valence-corrected chi connectivity index (χ2v) is 7.50. The van der Waals surface area contributed by atoms with Crippen LogP contribution in [0.1, 0.15) is 15.9 Å². The SMILES string of the molecule is O=C(Nc1cccc(F)c1)Nc1ccc(F)c(C(=O)c2ccc3ncc(-n4cccn4)nc3c2)c1. The summed E-state index contributed by atoms with van der Waals surface area (Å²) in [6, 6.07) is 14.7. The number of amides is 2. The summed E-state index contributed by atoms with van der Waals surface area (Å²) in [7, 11) is 0. The van der Waals surface area contributed by atoms with Gasteiger partial charge < -0.3 is 10.6 Å². The van der Waals surface area contributed by atoms with Gasteiger partial charge in [-0.15, -0.1) is 0 Å². The summed E-state index contributed by atoms with van der Waals surface area (Å²) >= 11 is 0. The van der Waals surface area contributed by atoms with Crippen LogP contribution in [0, 0.1) is 11.6 Å². The quantitative estimate of drug-likeness (QED) is 0.353. The van der Waals surface area contributed by atoms with Crippen molar-refractivity contribution in [2.24, 2.45) is 0 Å². The van der Waals surface area contributed by atoms with Crippen LogP contribution in [0.25, 0.3) is 16.9 Å². The van der Waals surface area contributed by atoms with E-state index in [1.54, 1.807) is 30.7 Å². The minimum absolute atomic E-state index is 0.185. The lowest BCUT2D eigenvalue weighted by atomic mass is 10.0. The molecule has 0 spiro atoms. The lowest BCUT2D eigenvalue weighted by Gasteiger charge is -2.10. The maximum absolute atomic E-state index is 14.6. The minimum atomic E-state index is -0.748. The normalized spacial score (nSPS) is 10.8. The Bertz CT molecular complexity index is 1570. The van der Waals surface area contributed by atoms with Gasteiger partial charge in [0.15, 0.2) is 11.6 Å². The highest BCUT2D eigenvalue weighted by atomic mass is 19.1. The van der Waals surface area contributed by atoms with E-state index in [1.165, 1.54) is 47.1 Å². The molecule has 0 aliphatic carbocycles. The van der Waals surface area contributed by atoms with Crippen molar-refractivity contribution in [3.63, 3.8) is 0 Å². The van der Waals surface area contributed by atoms with Crippen molar-refractivity contribution in [2.75, 3.05) is 10.6 Å². The Morgan fingerprint density at radius 3 is 2.46 bits per heavy atom. The smallest absolute Gasteiger partial charge is 0.308 e. The van der Waals surface area contributed by atoms with Crippen molar-refractivity contribution in [2.45, 2.75) is 0 Å². The van der Waals surface area contributed by atoms with Crippen LogP contribution in [0.2, 0.25) is 0 Å². The third kappa shape index (κ3) is 4.71. The number of fused-ring (bicyclic) bond motifs is 1. The third-order valence-corrected chi connectivity index (χ3v) is 5.08. The predicted molar refractivity (Wildman–Crippen MR) is 126 cm³/mol. The van der Waals surface area contributed by atoms with Crippen molar-refractivity contribution in [1.29, 1.82) is 0 Å². The Labute approximate surface area is 197 Å². The molecule has 0 saturated heterocycles. The number of ketones is 1. The summed E-state index contributed by atoms with van der Waals surface area (Å²) in [4.78, 5) is 34.2. The molecule has 2 N–H and O–H groups in total. The van der Waals surface area contributed by atoms with Crippen LogP contribution in [0.15, 0.2) is 85.3 Å². The molecule has 2 aromatic heterocycles. The molecule has 0 aliphatic heterocycles. The fourth-order valence-electron chi connectivity index (χ4n) is 3.45. The summed E-state index contributed by atoms with van der Waals surface area (Å²) < 4.78 is 29.4. The number of halogens is 2. The van der Waals surface area contributed by atoms with Gasteiger partial charge >= 0.3 is 6.03 Å². The monoisotopic (exact) mass is 470 g/mol. The number of aromatic nitrogens is 4. The molecule has 2 amide bonds. The molecule has 0 bridgehead atoms. The van der Waals surface area contributed by atoms with Crippen molar-refractivity contribution in [1.82, 2.24) is 19.7 Å². The summed E-state index contributed by atoms with van der Waals surface area (Å²) in [5.41, 5.74) is 1.39. The molecule has 3 aromatic carbocycles. The first kappa shape index (κ1) is 21.8. The van der Waals surface area contributed by atoms with E-state index in [0.717, 1.165) is 12.1 Å². The summed E-state index contributed by atoms with van der Waals surface area (Å²) in [5.74, 6) is -1.38. The molecule has 0 atom stereocenters. The van der Waals surface area contributed by atoms with Crippen LogP contribution in [-0.4, -0.2) is 31.6 Å². The van der Waals surface area contributed by atoms with Crippen molar-refractivity contribution < 1.29 is 18.4 Å². The fourth-order valence-corrected chi connectivity index (χ4v) is 3.45. The van der Waals surface area contributed by atoms with Crippen LogP contribution < -0.4 is 10.6 Å². The van der Waals surface area contributed by atoms with Gasteiger partial charge in [-0.3, -0.25) is 9.78 Å². The number of nitrogens with zero attached hydrogens (tertiary/aromatic N) is 4. The number of carbonyl (C=O) groups is 2. The minimum Gasteiger partial charge on any atom is -0.308 e. The lowest BCUT2D eigenvalue weighted by Crippen LogP contribution is -2.20. The van der Waals surface area contributed by atoms with Gasteiger partial charge in [-0.1, -0.05) is 6.07 Å². The van der Waals surface area contributed by atoms with E-state index in [2.05, 4.69) is 25.7 Å². The molecule has 5 rings (SSSR count). The maximum Gasteiger partial charge on any atom is 0.323 e. The highest BCUT2D eigenvalue weighted by molar-refractivity contribution is 6.11. The second kappa shape index (κ2) is 9.10. The van der Waals surface area contributed by atoms with Crippen LogP contribution >= 0.6 is 0 Å². The first-order valence-corrected chi connectivity index (χ1v) is 10.4. The predicted octanol–water partition coefficient (Wildman–Crippen LogP) is 4.97. The number of carbonyl (C=O) groups excluding carboxylic acids is 2. The molecule has 0 aliphatic rings. The largest absolute Gasteiger partial charge is 0.323 e. The summed E-state index contributed by atoms with van der Waals surface area (Å²) in [6.45, 7) is 0. The molecule has 0 saturated carbocycles. The van der Waals surface area contributed by atoms with Gasteiger partial charge in [-0.2, -0.15) is 5.10 Å². The number of hydrogen-bond acceptors (Lipinski definition) is 5. The van der Waals surface area contributed by atoms with Gasteiger partial charge in [0.05, 0.1) is 22.8 Å². The van der Waals surface area contributed by atoms with E-state index < -0.39 is 23.4 Å². The highest BCUT2D eigenvalue weighted by Gasteiger charge is 2.17. The topological polar surface area (TPSA) is 102 Å². The van der Waals surface area contributed by atoms with E-state index in [9.17, 15) is 18.4 Å². The first-order valence-electron chi connectivity index (χ1n) is 10.4. The van der Waals surface area contributed by atoms with Gasteiger partial charge in [-0.05, 0) is 60.7 Å². The molecule has 172 valence electrons. The van der Waals surface area contributed by atoms with Crippen molar-refractivity contribution >= 4 is 34.2 Å². The van der Waals surface area contributed by atoms with E-state index >= 15 is 0 Å². The molecule has 0 unspecified atom stereocenters. The zero-order chi connectivity index (χ0) is 24.4. The maximum atomic E-state index is 14.6. The van der Waals surface area contributed by atoms with Crippen molar-refractivity contribution in [3.8, 4) is 5.82 Å². The van der Waals surface area contributed by atoms with Crippen molar-refractivity contribution in [3.05, 3.63) is 108 Å². The summed E-state index contributed by atoms with van der Waals surface area (Å²) in [6.07, 6.45) is 4.87. The van der Waals surface area contributed by atoms with Crippen LogP contribution in [0.4, 0.5) is 25.0 Å². The molecular weight excluding hydrogens is 454 g/mol. The van der Waals surface area contributed by atoms with Gasteiger partial charge in [-0.25, -0.2) is 23.2 Å². The number of anilines is 2. The van der Waals surface area contributed by atoms with Gasteiger partial charge in [0, 0.05) is 29.3 Å². The van der Waals surface area contributed by atoms with Gasteiger partial charge in [0.2, 0.25) is 0 Å². The highest BCUT2D eigenvalue weighted by Crippen LogP contribution is 2.21. The van der Waals surface area contributed by atoms with E-state index in [1.807, 2.05) is 0 Å². The standard InChI is InChI=1S/C25H16F2N6O2/c26-16-3-1-4-17(12-16)30-25(35)31-18-6-7-20(27)19(13-18)24(34)15-5-8-21-22(11-15)32-23(14-28-21)33-10-2-9-29-33/h1-14H,(H2,30,31,35). The molecule has 8 nitrogen and oxygen atoms in total. The Morgan fingerprint density at radius 1 is 0.857 bits per heavy atom. The number of hydrogen-bond donors (Lipinski definition) is 2. The van der Waals surface area contributed by atoms with Gasteiger partial charge in [0.25, 0.3) is 0 Å². The molecule has 0 radical (unpaired) electrons. The third-order valence-electron chi connectivity index (χ3n) is 5.08. The Morgan fingerprint density at radius 2 is 1.69 bits per heavy atom. The van der Waals surface area contributed by atoms with Gasteiger partial charge in [0.1, 0.15) is 11.6 Å². The zero-order valence-electron chi connectivity index (χ0n) is 17.9. The average Bonchev–Trinajstić information content (AvgIpc) is 3.39. The second-order valence-electron chi connectivity index (χ2n) is 7.50. The molecule has 0 fully saturated rings. The molecule has 35 heavy (non-hydrogen) atoms. The molecule has 5 aromatic rings. The van der Waals surface area contributed by atoms with Crippen LogP contribution in [0.3, 0.4) is 0 Å². The first-order chi connectivity index (χ1) is 17.0. The molecular formula is C25H16F2N6O2. The molecule has 10 heteroatoms. The Hall–Kier alpha value is -4.99. The van der Waals surface area contributed by atoms with E-state index in [-0.39, 0.29) is 22.5 Å². The number of benzene rings is 3. The lowest BCUT2D eigenvalue weighted by molar-refractivity contribution is 0.103. The average molecular weight is 470 g/mol. The Balaban J connectivity index is 1.39. The van der Waals surface area contributed by atoms with E-state index in [4.69, 9.17) is 0 Å². The van der Waals surface area contributed by atoms with E-state index in [0.29, 0.717) is 16.9 Å². The van der Waals surface area contributed by atoms with Crippen LogP contribution in [-0.2, 0) is 0 Å².